The molecule has 3 aliphatic carbocycles. The number of fused-ring (bicyclic) bond motifs is 2. The van der Waals surface area contributed by atoms with E-state index in [-0.39, 0.29) is 23.6 Å². The first kappa shape index (κ1) is 21.4. The molecule has 4 rings (SSSR count). The highest BCUT2D eigenvalue weighted by Crippen LogP contribution is 2.61. The van der Waals surface area contributed by atoms with Crippen LogP contribution in [0.4, 0.5) is 5.69 Å². The molecule has 0 spiro atoms. The normalized spacial score (nSPS) is 30.9. The maximum absolute atomic E-state index is 12.6. The standard InChI is InChI=1S/C21H28N2O6/c1-5-29-19(25)17(18(24)12-6-8-14(9-7-12)23(27)28)22-16-11-13-10-15(20(13,2)3)21(16,4)26/h6-9,13,15,17-18,24,26H,5,10-11H2,1-4H3/t13-,15-,17-,18-,21-/m1/s1. The van der Waals surface area contributed by atoms with Crippen LogP contribution in [-0.4, -0.2) is 45.1 Å². The third kappa shape index (κ3) is 3.67. The molecule has 1 aromatic rings. The second kappa shape index (κ2) is 7.50. The molecule has 158 valence electrons. The Morgan fingerprint density at radius 1 is 1.34 bits per heavy atom. The van der Waals surface area contributed by atoms with Crippen molar-refractivity contribution in [3.05, 3.63) is 39.9 Å². The van der Waals surface area contributed by atoms with Crippen LogP contribution >= 0.6 is 0 Å². The van der Waals surface area contributed by atoms with Crippen molar-refractivity contribution in [2.24, 2.45) is 22.2 Å². The Balaban J connectivity index is 1.93. The number of nitro groups is 1. The van der Waals surface area contributed by atoms with Crippen molar-refractivity contribution in [1.29, 1.82) is 0 Å². The minimum Gasteiger partial charge on any atom is -0.464 e. The molecular weight excluding hydrogens is 376 g/mol. The van der Waals surface area contributed by atoms with E-state index in [4.69, 9.17) is 4.74 Å². The zero-order valence-corrected chi connectivity index (χ0v) is 17.2. The van der Waals surface area contributed by atoms with E-state index in [1.807, 2.05) is 0 Å². The molecule has 1 aromatic carbocycles. The average molecular weight is 404 g/mol. The summed E-state index contributed by atoms with van der Waals surface area (Å²) in [6.45, 7) is 7.77. The maximum atomic E-state index is 12.6. The van der Waals surface area contributed by atoms with Gasteiger partial charge in [-0.05, 0) is 61.6 Å². The van der Waals surface area contributed by atoms with E-state index in [0.29, 0.717) is 23.6 Å². The van der Waals surface area contributed by atoms with E-state index in [1.54, 1.807) is 13.8 Å². The van der Waals surface area contributed by atoms with Crippen LogP contribution in [0.25, 0.3) is 0 Å². The number of rotatable bonds is 6. The van der Waals surface area contributed by atoms with Gasteiger partial charge in [0.2, 0.25) is 0 Å². The van der Waals surface area contributed by atoms with Gasteiger partial charge in [0.1, 0.15) is 11.7 Å². The fraction of sp³-hybridized carbons (Fsp3) is 0.619. The van der Waals surface area contributed by atoms with Gasteiger partial charge < -0.3 is 14.9 Å². The average Bonchev–Trinajstić information content (AvgIpc) is 2.65. The van der Waals surface area contributed by atoms with E-state index in [9.17, 15) is 25.1 Å². The predicted molar refractivity (Wildman–Crippen MR) is 107 cm³/mol. The lowest BCUT2D eigenvalue weighted by atomic mass is 9.44. The molecule has 0 aromatic heterocycles. The molecule has 29 heavy (non-hydrogen) atoms. The van der Waals surface area contributed by atoms with E-state index in [0.717, 1.165) is 6.42 Å². The summed E-state index contributed by atoms with van der Waals surface area (Å²) < 4.78 is 5.10. The van der Waals surface area contributed by atoms with E-state index < -0.39 is 28.6 Å². The SMILES string of the molecule is CCOC(=O)[C@H](N=C1C[C@H]2C[C@H](C2(C)C)[C@@]1(C)O)[C@H](O)c1ccc([N+](=O)[O-])cc1. The number of aliphatic hydroxyl groups excluding tert-OH is 1. The molecule has 0 aliphatic heterocycles. The molecule has 2 bridgehead atoms. The molecule has 5 atom stereocenters. The number of benzene rings is 1. The van der Waals surface area contributed by atoms with Gasteiger partial charge in [0, 0.05) is 17.8 Å². The number of nitrogens with zero attached hydrogens (tertiary/aromatic N) is 2. The van der Waals surface area contributed by atoms with Crippen molar-refractivity contribution in [2.45, 2.75) is 58.3 Å². The molecule has 0 saturated heterocycles. The smallest absolute Gasteiger partial charge is 0.333 e. The van der Waals surface area contributed by atoms with Crippen LogP contribution in [0.2, 0.25) is 0 Å². The fourth-order valence-corrected chi connectivity index (χ4v) is 4.76. The predicted octanol–water partition coefficient (Wildman–Crippen LogP) is 2.82. The third-order valence-corrected chi connectivity index (χ3v) is 6.74. The molecule has 3 fully saturated rings. The number of aliphatic imine (C=N–C) groups is 1. The van der Waals surface area contributed by atoms with Gasteiger partial charge in [0.05, 0.1) is 11.5 Å². The van der Waals surface area contributed by atoms with Crippen molar-refractivity contribution in [2.75, 3.05) is 6.61 Å². The van der Waals surface area contributed by atoms with E-state index >= 15 is 0 Å². The molecule has 3 aliphatic rings. The monoisotopic (exact) mass is 404 g/mol. The fourth-order valence-electron chi connectivity index (χ4n) is 4.76. The van der Waals surface area contributed by atoms with Gasteiger partial charge in [-0.15, -0.1) is 0 Å². The number of nitro benzene ring substituents is 1. The molecular formula is C21H28N2O6. The Hall–Kier alpha value is -2.32. The zero-order chi connectivity index (χ0) is 21.6. The first-order chi connectivity index (χ1) is 13.5. The third-order valence-electron chi connectivity index (χ3n) is 6.74. The maximum Gasteiger partial charge on any atom is 0.333 e. The minimum atomic E-state index is -1.34. The lowest BCUT2D eigenvalue weighted by molar-refractivity contribution is -0.384. The van der Waals surface area contributed by atoms with Gasteiger partial charge >= 0.3 is 5.97 Å². The highest BCUT2D eigenvalue weighted by Gasteiger charge is 2.61. The van der Waals surface area contributed by atoms with Crippen molar-refractivity contribution in [3.63, 3.8) is 0 Å². The number of ether oxygens (including phenoxy) is 1. The van der Waals surface area contributed by atoms with Crippen molar-refractivity contribution in [3.8, 4) is 0 Å². The van der Waals surface area contributed by atoms with Gasteiger partial charge in [-0.25, -0.2) is 4.79 Å². The Labute approximate surface area is 169 Å². The summed E-state index contributed by atoms with van der Waals surface area (Å²) >= 11 is 0. The number of carbonyl (C=O) groups is 1. The number of non-ortho nitro benzene ring substituents is 1. The summed E-state index contributed by atoms with van der Waals surface area (Å²) in [7, 11) is 0. The molecule has 0 radical (unpaired) electrons. The summed E-state index contributed by atoms with van der Waals surface area (Å²) in [5.74, 6) is -0.294. The second-order valence-electron chi connectivity index (χ2n) is 8.72. The van der Waals surface area contributed by atoms with Crippen molar-refractivity contribution in [1.82, 2.24) is 0 Å². The summed E-state index contributed by atoms with van der Waals surface area (Å²) in [5.41, 5.74) is -0.467. The molecule has 0 unspecified atom stereocenters. The number of carbonyl (C=O) groups excluding carboxylic acids is 1. The number of hydrogen-bond donors (Lipinski definition) is 2. The molecule has 0 heterocycles. The molecule has 2 N–H and O–H groups in total. The van der Waals surface area contributed by atoms with Crippen molar-refractivity contribution >= 4 is 17.4 Å². The van der Waals surface area contributed by atoms with Crippen LogP contribution in [0.3, 0.4) is 0 Å². The first-order valence-electron chi connectivity index (χ1n) is 9.88. The number of esters is 1. The minimum absolute atomic E-state index is 0.00107. The summed E-state index contributed by atoms with van der Waals surface area (Å²) in [6.07, 6.45) is 0.123. The second-order valence-corrected chi connectivity index (χ2v) is 8.72. The lowest BCUT2D eigenvalue weighted by Gasteiger charge is -2.62. The highest BCUT2D eigenvalue weighted by atomic mass is 16.6. The van der Waals surface area contributed by atoms with Gasteiger partial charge in [-0.2, -0.15) is 0 Å². The Morgan fingerprint density at radius 3 is 2.45 bits per heavy atom. The summed E-state index contributed by atoms with van der Waals surface area (Å²) in [4.78, 5) is 27.4. The quantitative estimate of drug-likeness (QED) is 0.427. The van der Waals surface area contributed by atoms with Crippen LogP contribution < -0.4 is 0 Å². The van der Waals surface area contributed by atoms with E-state index in [1.165, 1.54) is 24.3 Å². The molecule has 0 amide bonds. The largest absolute Gasteiger partial charge is 0.464 e. The topological polar surface area (TPSA) is 122 Å². The Bertz CT molecular complexity index is 830. The van der Waals surface area contributed by atoms with Crippen LogP contribution in [0.5, 0.6) is 0 Å². The molecule has 8 heteroatoms. The van der Waals surface area contributed by atoms with Gasteiger partial charge in [0.15, 0.2) is 6.04 Å². The van der Waals surface area contributed by atoms with Gasteiger partial charge in [-0.3, -0.25) is 15.1 Å². The Morgan fingerprint density at radius 2 is 1.97 bits per heavy atom. The van der Waals surface area contributed by atoms with Crippen LogP contribution in [0.15, 0.2) is 29.3 Å². The first-order valence-corrected chi connectivity index (χ1v) is 9.88. The van der Waals surface area contributed by atoms with Crippen LogP contribution in [-0.2, 0) is 9.53 Å². The van der Waals surface area contributed by atoms with Gasteiger partial charge in [-0.1, -0.05) is 13.8 Å². The van der Waals surface area contributed by atoms with Crippen LogP contribution in [0.1, 0.15) is 52.2 Å². The molecule has 3 saturated carbocycles. The number of hydrogen-bond acceptors (Lipinski definition) is 7. The van der Waals surface area contributed by atoms with Crippen LogP contribution in [0, 0.1) is 27.4 Å². The number of aliphatic hydroxyl groups is 2. The zero-order valence-electron chi connectivity index (χ0n) is 17.2. The van der Waals surface area contributed by atoms with E-state index in [2.05, 4.69) is 18.8 Å². The summed E-state index contributed by atoms with van der Waals surface area (Å²) in [6, 6.07) is 4.08. The van der Waals surface area contributed by atoms with Gasteiger partial charge in [0.25, 0.3) is 5.69 Å². The molecule has 8 nitrogen and oxygen atoms in total. The highest BCUT2D eigenvalue weighted by molar-refractivity contribution is 5.96. The van der Waals surface area contributed by atoms with Crippen molar-refractivity contribution < 1.29 is 24.7 Å². The lowest BCUT2D eigenvalue weighted by Crippen LogP contribution is -2.65. The Kier molecular flexibility index (Phi) is 5.53. The summed E-state index contributed by atoms with van der Waals surface area (Å²) in [5, 5.41) is 32.8.